The van der Waals surface area contributed by atoms with Crippen LogP contribution < -0.4 is 4.74 Å². The molecule has 106 valence electrons. The van der Waals surface area contributed by atoms with E-state index in [9.17, 15) is 0 Å². The van der Waals surface area contributed by atoms with Crippen molar-refractivity contribution < 1.29 is 9.47 Å². The average Bonchev–Trinajstić information content (AvgIpc) is 2.32. The van der Waals surface area contributed by atoms with Crippen molar-refractivity contribution in [3.63, 3.8) is 0 Å². The summed E-state index contributed by atoms with van der Waals surface area (Å²) in [5.74, 6) is 1.03. The smallest absolute Gasteiger partial charge is 0.127 e. The van der Waals surface area contributed by atoms with E-state index >= 15 is 0 Å². The van der Waals surface area contributed by atoms with E-state index in [1.807, 2.05) is 0 Å². The fraction of sp³-hybridized carbons (Fsp3) is 0.625. The maximum Gasteiger partial charge on any atom is 0.127 e. The number of halogens is 1. The topological polar surface area (TPSA) is 18.5 Å². The molecule has 3 heteroatoms. The van der Waals surface area contributed by atoms with Crippen LogP contribution in [0.1, 0.15) is 36.5 Å². The van der Waals surface area contributed by atoms with Gasteiger partial charge in [-0.25, -0.2) is 0 Å². The molecule has 0 amide bonds. The van der Waals surface area contributed by atoms with Gasteiger partial charge >= 0.3 is 0 Å². The first-order valence-electron chi connectivity index (χ1n) is 7.03. The molecule has 0 N–H and O–H groups in total. The number of aryl methyl sites for hydroxylation is 3. The van der Waals surface area contributed by atoms with Crippen molar-refractivity contribution in [2.24, 2.45) is 0 Å². The second-order valence-electron chi connectivity index (χ2n) is 5.47. The summed E-state index contributed by atoms with van der Waals surface area (Å²) in [7, 11) is 0. The molecule has 1 aromatic rings. The Hall–Kier alpha value is -0.540. The standard InChI is InChI=1S/C16H23BrO2/c1-5-6-18-16-13(17)9-14(16)19-15-11(3)7-10(2)8-12(15)4/h7-8,13-14,16H,5-6,9H2,1-4H3. The molecule has 1 aliphatic rings. The van der Waals surface area contributed by atoms with Crippen LogP contribution in [0.3, 0.4) is 0 Å². The molecule has 0 radical (unpaired) electrons. The number of alkyl halides is 1. The van der Waals surface area contributed by atoms with Gasteiger partial charge in [-0.3, -0.25) is 0 Å². The summed E-state index contributed by atoms with van der Waals surface area (Å²) in [6.45, 7) is 9.28. The maximum atomic E-state index is 6.19. The highest BCUT2D eigenvalue weighted by molar-refractivity contribution is 9.09. The first-order valence-corrected chi connectivity index (χ1v) is 7.94. The highest BCUT2D eigenvalue weighted by Gasteiger charge is 2.42. The lowest BCUT2D eigenvalue weighted by Gasteiger charge is -2.41. The summed E-state index contributed by atoms with van der Waals surface area (Å²) in [4.78, 5) is 0.426. The summed E-state index contributed by atoms with van der Waals surface area (Å²) >= 11 is 3.65. The van der Waals surface area contributed by atoms with Crippen LogP contribution in [0, 0.1) is 20.8 Å². The molecule has 0 aromatic heterocycles. The van der Waals surface area contributed by atoms with E-state index in [1.54, 1.807) is 0 Å². The fourth-order valence-electron chi connectivity index (χ4n) is 2.61. The lowest BCUT2D eigenvalue weighted by Crippen LogP contribution is -2.52. The number of hydrogen-bond donors (Lipinski definition) is 0. The van der Waals surface area contributed by atoms with Crippen molar-refractivity contribution in [1.82, 2.24) is 0 Å². The second-order valence-corrected chi connectivity index (χ2v) is 6.65. The number of ether oxygens (including phenoxy) is 2. The fourth-order valence-corrected chi connectivity index (χ4v) is 3.47. The predicted octanol–water partition coefficient (Wildman–Crippen LogP) is 4.32. The Morgan fingerprint density at radius 3 is 2.37 bits per heavy atom. The minimum Gasteiger partial charge on any atom is -0.487 e. The third-order valence-corrected chi connectivity index (χ3v) is 4.46. The van der Waals surface area contributed by atoms with Crippen LogP contribution in [0.15, 0.2) is 12.1 Å². The molecule has 3 atom stereocenters. The van der Waals surface area contributed by atoms with Gasteiger partial charge in [0.1, 0.15) is 18.0 Å². The predicted molar refractivity (Wildman–Crippen MR) is 82.4 cm³/mol. The van der Waals surface area contributed by atoms with Gasteiger partial charge in [0.2, 0.25) is 0 Å². The SMILES string of the molecule is CCCOC1C(Br)CC1Oc1c(C)cc(C)cc1C. The Morgan fingerprint density at radius 2 is 1.84 bits per heavy atom. The molecular weight excluding hydrogens is 304 g/mol. The molecule has 2 rings (SSSR count). The van der Waals surface area contributed by atoms with E-state index in [0.29, 0.717) is 4.83 Å². The molecule has 1 aliphatic carbocycles. The summed E-state index contributed by atoms with van der Waals surface area (Å²) in [6, 6.07) is 4.35. The van der Waals surface area contributed by atoms with Crippen LogP contribution in [-0.2, 0) is 4.74 Å². The minimum absolute atomic E-state index is 0.177. The lowest BCUT2D eigenvalue weighted by molar-refractivity contribution is -0.0766. The van der Waals surface area contributed by atoms with Gasteiger partial charge in [-0.05, 0) is 38.3 Å². The molecule has 0 bridgehead atoms. The highest BCUT2D eigenvalue weighted by atomic mass is 79.9. The zero-order chi connectivity index (χ0) is 14.0. The van der Waals surface area contributed by atoms with Crippen molar-refractivity contribution in [2.75, 3.05) is 6.61 Å². The Kier molecular flexibility index (Phi) is 4.91. The Labute approximate surface area is 124 Å². The molecular formula is C16H23BrO2. The third kappa shape index (κ3) is 3.32. The Morgan fingerprint density at radius 1 is 1.21 bits per heavy atom. The van der Waals surface area contributed by atoms with Gasteiger partial charge in [-0.15, -0.1) is 0 Å². The third-order valence-electron chi connectivity index (χ3n) is 3.57. The summed E-state index contributed by atoms with van der Waals surface area (Å²) in [6.07, 6.45) is 2.42. The molecule has 1 saturated carbocycles. The van der Waals surface area contributed by atoms with Gasteiger partial charge in [0.15, 0.2) is 0 Å². The molecule has 0 spiro atoms. The molecule has 2 nitrogen and oxygen atoms in total. The van der Waals surface area contributed by atoms with E-state index < -0.39 is 0 Å². The molecule has 1 fully saturated rings. The Balaban J connectivity index is 2.05. The zero-order valence-corrected chi connectivity index (χ0v) is 13.8. The van der Waals surface area contributed by atoms with Gasteiger partial charge < -0.3 is 9.47 Å². The van der Waals surface area contributed by atoms with Crippen LogP contribution in [0.2, 0.25) is 0 Å². The number of rotatable bonds is 5. The Bertz CT molecular complexity index is 421. The molecule has 19 heavy (non-hydrogen) atoms. The quantitative estimate of drug-likeness (QED) is 0.750. The molecule has 0 saturated heterocycles. The van der Waals surface area contributed by atoms with E-state index in [4.69, 9.17) is 9.47 Å². The average molecular weight is 327 g/mol. The molecule has 0 aliphatic heterocycles. The van der Waals surface area contributed by atoms with Gasteiger partial charge in [0, 0.05) is 17.9 Å². The lowest BCUT2D eigenvalue weighted by atomic mass is 9.91. The number of benzene rings is 1. The van der Waals surface area contributed by atoms with Crippen molar-refractivity contribution in [2.45, 2.75) is 57.6 Å². The maximum absolute atomic E-state index is 6.19. The van der Waals surface area contributed by atoms with Crippen molar-refractivity contribution >= 4 is 15.9 Å². The van der Waals surface area contributed by atoms with Gasteiger partial charge in [0.25, 0.3) is 0 Å². The van der Waals surface area contributed by atoms with E-state index in [1.165, 1.54) is 16.7 Å². The summed E-state index contributed by atoms with van der Waals surface area (Å²) < 4.78 is 12.0. The largest absolute Gasteiger partial charge is 0.487 e. The van der Waals surface area contributed by atoms with E-state index in [2.05, 4.69) is 55.8 Å². The highest BCUT2D eigenvalue weighted by Crippen LogP contribution is 2.36. The summed E-state index contributed by atoms with van der Waals surface area (Å²) in [5.41, 5.74) is 3.71. The summed E-state index contributed by atoms with van der Waals surface area (Å²) in [5, 5.41) is 0. The minimum atomic E-state index is 0.177. The monoisotopic (exact) mass is 326 g/mol. The van der Waals surface area contributed by atoms with Gasteiger partial charge in [-0.1, -0.05) is 40.5 Å². The van der Waals surface area contributed by atoms with Crippen molar-refractivity contribution in [1.29, 1.82) is 0 Å². The van der Waals surface area contributed by atoms with Crippen LogP contribution in [0.5, 0.6) is 5.75 Å². The van der Waals surface area contributed by atoms with Gasteiger partial charge in [0.05, 0.1) is 0 Å². The molecule has 0 heterocycles. The normalized spacial score (nSPS) is 26.1. The van der Waals surface area contributed by atoms with E-state index in [-0.39, 0.29) is 12.2 Å². The van der Waals surface area contributed by atoms with Crippen LogP contribution >= 0.6 is 15.9 Å². The van der Waals surface area contributed by atoms with Crippen LogP contribution in [-0.4, -0.2) is 23.6 Å². The number of hydrogen-bond acceptors (Lipinski definition) is 2. The zero-order valence-electron chi connectivity index (χ0n) is 12.2. The second kappa shape index (κ2) is 6.27. The molecule has 3 unspecified atom stereocenters. The molecule has 1 aromatic carbocycles. The van der Waals surface area contributed by atoms with Gasteiger partial charge in [-0.2, -0.15) is 0 Å². The van der Waals surface area contributed by atoms with Crippen molar-refractivity contribution in [3.05, 3.63) is 28.8 Å². The van der Waals surface area contributed by atoms with E-state index in [0.717, 1.165) is 25.2 Å². The van der Waals surface area contributed by atoms with Crippen LogP contribution in [0.4, 0.5) is 0 Å². The van der Waals surface area contributed by atoms with Crippen LogP contribution in [0.25, 0.3) is 0 Å². The first-order chi connectivity index (χ1) is 9.02. The van der Waals surface area contributed by atoms with Crippen molar-refractivity contribution in [3.8, 4) is 5.75 Å². The first kappa shape index (κ1) is 14.9.